The molecule has 0 saturated carbocycles. The van der Waals surface area contributed by atoms with Crippen LogP contribution in [0.2, 0.25) is 0 Å². The number of aromatic nitrogens is 1. The van der Waals surface area contributed by atoms with Crippen LogP contribution in [0.15, 0.2) is 24.4 Å². The van der Waals surface area contributed by atoms with E-state index >= 15 is 0 Å². The Balaban J connectivity index is 2.49. The second kappa shape index (κ2) is 4.72. The first kappa shape index (κ1) is 13.7. The van der Waals surface area contributed by atoms with Gasteiger partial charge in [-0.3, -0.25) is 4.79 Å². The van der Waals surface area contributed by atoms with Crippen LogP contribution in [0.25, 0.3) is 10.9 Å². The van der Waals surface area contributed by atoms with Crippen LogP contribution >= 0.6 is 0 Å². The van der Waals surface area contributed by atoms with Gasteiger partial charge in [-0.1, -0.05) is 20.8 Å². The predicted octanol–water partition coefficient (Wildman–Crippen LogP) is 4.18. The quantitative estimate of drug-likeness (QED) is 0.840. The van der Waals surface area contributed by atoms with E-state index in [4.69, 9.17) is 4.74 Å². The number of ketones is 1. The number of hydrogen-bond acceptors (Lipinski definition) is 2. The summed E-state index contributed by atoms with van der Waals surface area (Å²) in [6.07, 6.45) is 1.91. The SMILES string of the molecule is CC(C)Oc1ccc2[nH]cc(C(=O)C(C)(C)C)c2c1. The number of Topliss-reactive ketones (excluding diaryl/α,β-unsaturated/α-hetero) is 1. The maximum absolute atomic E-state index is 12.4. The van der Waals surface area contributed by atoms with Gasteiger partial charge < -0.3 is 9.72 Å². The molecule has 1 heterocycles. The van der Waals surface area contributed by atoms with Crippen LogP contribution < -0.4 is 4.74 Å². The maximum Gasteiger partial charge on any atom is 0.170 e. The number of carbonyl (C=O) groups is 1. The van der Waals surface area contributed by atoms with Gasteiger partial charge in [-0.15, -0.1) is 0 Å². The van der Waals surface area contributed by atoms with Crippen molar-refractivity contribution in [1.82, 2.24) is 4.98 Å². The molecule has 19 heavy (non-hydrogen) atoms. The highest BCUT2D eigenvalue weighted by Gasteiger charge is 2.25. The van der Waals surface area contributed by atoms with Crippen molar-refractivity contribution in [2.24, 2.45) is 5.41 Å². The lowest BCUT2D eigenvalue weighted by Gasteiger charge is -2.16. The molecule has 102 valence electrons. The van der Waals surface area contributed by atoms with Crippen molar-refractivity contribution >= 4 is 16.7 Å². The van der Waals surface area contributed by atoms with Gasteiger partial charge in [-0.25, -0.2) is 0 Å². The zero-order chi connectivity index (χ0) is 14.2. The van der Waals surface area contributed by atoms with Crippen LogP contribution in [0.4, 0.5) is 0 Å². The Morgan fingerprint density at radius 3 is 2.53 bits per heavy atom. The predicted molar refractivity (Wildman–Crippen MR) is 77.8 cm³/mol. The number of H-pyrrole nitrogens is 1. The highest BCUT2D eigenvalue weighted by atomic mass is 16.5. The highest BCUT2D eigenvalue weighted by Crippen LogP contribution is 2.29. The lowest BCUT2D eigenvalue weighted by Crippen LogP contribution is -2.19. The molecule has 0 aliphatic heterocycles. The van der Waals surface area contributed by atoms with Crippen LogP contribution in [0.3, 0.4) is 0 Å². The molecule has 0 aliphatic carbocycles. The third-order valence-corrected chi connectivity index (χ3v) is 2.95. The normalized spacial score (nSPS) is 12.1. The summed E-state index contributed by atoms with van der Waals surface area (Å²) in [5.74, 6) is 0.936. The van der Waals surface area contributed by atoms with Crippen LogP contribution in [0.1, 0.15) is 45.0 Å². The minimum absolute atomic E-state index is 0.123. The minimum Gasteiger partial charge on any atom is -0.491 e. The van der Waals surface area contributed by atoms with Gasteiger partial charge in [0.1, 0.15) is 5.75 Å². The second-order valence-electron chi connectivity index (χ2n) is 6.16. The smallest absolute Gasteiger partial charge is 0.170 e. The van der Waals surface area contributed by atoms with Crippen molar-refractivity contribution in [3.63, 3.8) is 0 Å². The average Bonchev–Trinajstić information content (AvgIpc) is 2.68. The van der Waals surface area contributed by atoms with Crippen molar-refractivity contribution in [1.29, 1.82) is 0 Å². The Hall–Kier alpha value is -1.77. The molecule has 0 radical (unpaired) electrons. The second-order valence-corrected chi connectivity index (χ2v) is 6.16. The molecule has 1 aromatic heterocycles. The molecule has 0 saturated heterocycles. The number of benzene rings is 1. The largest absolute Gasteiger partial charge is 0.491 e. The summed E-state index contributed by atoms with van der Waals surface area (Å²) in [4.78, 5) is 15.6. The molecule has 0 atom stereocenters. The Kier molecular flexibility index (Phi) is 3.40. The monoisotopic (exact) mass is 259 g/mol. The van der Waals surface area contributed by atoms with Crippen molar-refractivity contribution < 1.29 is 9.53 Å². The van der Waals surface area contributed by atoms with Crippen LogP contribution in [0, 0.1) is 5.41 Å². The van der Waals surface area contributed by atoms with E-state index in [0.29, 0.717) is 0 Å². The van der Waals surface area contributed by atoms with E-state index < -0.39 is 0 Å². The van der Waals surface area contributed by atoms with Gasteiger partial charge >= 0.3 is 0 Å². The van der Waals surface area contributed by atoms with E-state index in [1.54, 1.807) is 6.20 Å². The third kappa shape index (κ3) is 2.80. The lowest BCUT2D eigenvalue weighted by molar-refractivity contribution is 0.0860. The molecule has 0 spiro atoms. The Bertz CT molecular complexity index is 603. The molecular weight excluding hydrogens is 238 g/mol. The number of rotatable bonds is 3. The molecule has 1 N–H and O–H groups in total. The molecule has 0 fully saturated rings. The number of hydrogen-bond donors (Lipinski definition) is 1. The van der Waals surface area contributed by atoms with Gasteiger partial charge in [0, 0.05) is 28.1 Å². The molecule has 0 bridgehead atoms. The number of nitrogens with one attached hydrogen (secondary N) is 1. The zero-order valence-corrected chi connectivity index (χ0v) is 12.2. The molecule has 1 aromatic carbocycles. The van der Waals surface area contributed by atoms with Crippen LogP contribution in [0.5, 0.6) is 5.75 Å². The van der Waals surface area contributed by atoms with Crippen molar-refractivity contribution in [2.45, 2.75) is 40.7 Å². The fraction of sp³-hybridized carbons (Fsp3) is 0.438. The Morgan fingerprint density at radius 1 is 1.26 bits per heavy atom. The molecule has 0 unspecified atom stereocenters. The van der Waals surface area contributed by atoms with E-state index in [-0.39, 0.29) is 17.3 Å². The first-order valence-electron chi connectivity index (χ1n) is 6.61. The summed E-state index contributed by atoms with van der Waals surface area (Å²) >= 11 is 0. The molecule has 0 aliphatic rings. The molecule has 0 amide bonds. The van der Waals surface area contributed by atoms with Gasteiger partial charge in [0.25, 0.3) is 0 Å². The first-order valence-corrected chi connectivity index (χ1v) is 6.61. The fourth-order valence-corrected chi connectivity index (χ4v) is 2.04. The van der Waals surface area contributed by atoms with Crippen molar-refractivity contribution in [3.8, 4) is 5.75 Å². The number of carbonyl (C=O) groups excluding carboxylic acids is 1. The topological polar surface area (TPSA) is 42.1 Å². The van der Waals surface area contributed by atoms with E-state index in [0.717, 1.165) is 22.2 Å². The van der Waals surface area contributed by atoms with E-state index in [1.807, 2.05) is 52.8 Å². The van der Waals surface area contributed by atoms with Gasteiger partial charge in [-0.2, -0.15) is 0 Å². The molecular formula is C16H21NO2. The van der Waals surface area contributed by atoms with Crippen molar-refractivity contribution in [3.05, 3.63) is 30.0 Å². The summed E-state index contributed by atoms with van der Waals surface area (Å²) in [7, 11) is 0. The molecule has 3 nitrogen and oxygen atoms in total. The first-order chi connectivity index (χ1) is 8.79. The molecule has 3 heteroatoms. The Morgan fingerprint density at radius 2 is 1.95 bits per heavy atom. The summed E-state index contributed by atoms with van der Waals surface area (Å²) in [6.45, 7) is 9.78. The highest BCUT2D eigenvalue weighted by molar-refractivity contribution is 6.10. The van der Waals surface area contributed by atoms with E-state index in [9.17, 15) is 4.79 Å². The standard InChI is InChI=1S/C16H21NO2/c1-10(2)19-11-6-7-14-12(8-11)13(9-17-14)15(18)16(3,4)5/h6-10,17H,1-5H3. The van der Waals surface area contributed by atoms with Crippen LogP contribution in [-0.2, 0) is 0 Å². The van der Waals surface area contributed by atoms with Gasteiger partial charge in [-0.05, 0) is 32.0 Å². The number of aromatic amines is 1. The van der Waals surface area contributed by atoms with E-state index in [1.165, 1.54) is 0 Å². The number of fused-ring (bicyclic) bond motifs is 1. The molecule has 2 aromatic rings. The third-order valence-electron chi connectivity index (χ3n) is 2.95. The van der Waals surface area contributed by atoms with Gasteiger partial charge in [0.05, 0.1) is 6.10 Å². The zero-order valence-electron chi connectivity index (χ0n) is 12.2. The summed E-state index contributed by atoms with van der Waals surface area (Å²) in [5.41, 5.74) is 1.31. The average molecular weight is 259 g/mol. The minimum atomic E-state index is -0.385. The van der Waals surface area contributed by atoms with Gasteiger partial charge in [0.15, 0.2) is 5.78 Å². The van der Waals surface area contributed by atoms with Gasteiger partial charge in [0.2, 0.25) is 0 Å². The summed E-state index contributed by atoms with van der Waals surface area (Å²) in [6, 6.07) is 5.81. The number of ether oxygens (including phenoxy) is 1. The molecule has 2 rings (SSSR count). The lowest BCUT2D eigenvalue weighted by atomic mass is 9.86. The summed E-state index contributed by atoms with van der Waals surface area (Å²) in [5, 5.41) is 0.929. The van der Waals surface area contributed by atoms with Crippen molar-refractivity contribution in [2.75, 3.05) is 0 Å². The Labute approximate surface area is 114 Å². The summed E-state index contributed by atoms with van der Waals surface area (Å²) < 4.78 is 5.69. The van der Waals surface area contributed by atoms with Crippen LogP contribution in [-0.4, -0.2) is 16.9 Å². The van der Waals surface area contributed by atoms with E-state index in [2.05, 4.69) is 4.98 Å². The fourth-order valence-electron chi connectivity index (χ4n) is 2.04. The maximum atomic E-state index is 12.4.